The Balaban J connectivity index is 2.61. The fourth-order valence-corrected chi connectivity index (χ4v) is 5.58. The molecular weight excluding hydrogens is 311 g/mol. The second-order valence-electron chi connectivity index (χ2n) is 5.70. The summed E-state index contributed by atoms with van der Waals surface area (Å²) >= 11 is -0.191. The van der Waals surface area contributed by atoms with E-state index in [9.17, 15) is 10.0 Å². The Morgan fingerprint density at radius 2 is 1.95 bits per heavy atom. The van der Waals surface area contributed by atoms with Gasteiger partial charge in [-0.25, -0.2) is 0 Å². The van der Waals surface area contributed by atoms with E-state index in [1.54, 1.807) is 6.92 Å². The van der Waals surface area contributed by atoms with E-state index in [1.807, 2.05) is 27.7 Å². The van der Waals surface area contributed by atoms with Crippen LogP contribution in [0.1, 0.15) is 53.9 Å². The van der Waals surface area contributed by atoms with Gasteiger partial charge in [0.25, 0.3) is 0 Å². The SMILES string of the molecule is CCOC(=O)c1[se]c2c(c1N)C(C)(C)N(O)C2(C)C. The minimum absolute atomic E-state index is 0.191. The molecule has 19 heavy (non-hydrogen) atoms. The number of nitrogens with two attached hydrogens (primary N) is 1. The van der Waals surface area contributed by atoms with Crippen molar-refractivity contribution in [3.63, 3.8) is 0 Å². The fraction of sp³-hybridized carbons (Fsp3) is 0.615. The van der Waals surface area contributed by atoms with Crippen LogP contribution in [-0.2, 0) is 15.8 Å². The van der Waals surface area contributed by atoms with E-state index >= 15 is 0 Å². The third-order valence-corrected chi connectivity index (χ3v) is 6.78. The number of hydrogen-bond donors (Lipinski definition) is 2. The van der Waals surface area contributed by atoms with Gasteiger partial charge in [-0.2, -0.15) is 0 Å². The van der Waals surface area contributed by atoms with Crippen LogP contribution in [-0.4, -0.2) is 37.4 Å². The van der Waals surface area contributed by atoms with Crippen molar-refractivity contribution in [3.8, 4) is 0 Å². The zero-order valence-corrected chi connectivity index (χ0v) is 13.6. The average Bonchev–Trinajstić information content (AvgIpc) is 2.72. The van der Waals surface area contributed by atoms with Crippen molar-refractivity contribution < 1.29 is 14.7 Å². The predicted molar refractivity (Wildman–Crippen MR) is 73.4 cm³/mol. The first-order valence-corrected chi connectivity index (χ1v) is 7.96. The van der Waals surface area contributed by atoms with Crippen molar-refractivity contribution in [2.24, 2.45) is 0 Å². The van der Waals surface area contributed by atoms with Crippen molar-refractivity contribution in [2.45, 2.75) is 45.7 Å². The molecule has 0 amide bonds. The quantitative estimate of drug-likeness (QED) is 0.637. The summed E-state index contributed by atoms with van der Waals surface area (Å²) in [5.74, 6) is -0.328. The van der Waals surface area contributed by atoms with Gasteiger partial charge in [0, 0.05) is 0 Å². The molecule has 0 saturated carbocycles. The molecule has 5 nitrogen and oxygen atoms in total. The molecule has 0 spiro atoms. The molecule has 1 aliphatic heterocycles. The Kier molecular flexibility index (Phi) is 3.34. The van der Waals surface area contributed by atoms with Crippen LogP contribution in [0, 0.1) is 0 Å². The van der Waals surface area contributed by atoms with Gasteiger partial charge >= 0.3 is 118 Å². The number of ether oxygens (including phenoxy) is 1. The topological polar surface area (TPSA) is 75.8 Å². The number of fused-ring (bicyclic) bond motifs is 1. The normalized spacial score (nSPS) is 20.3. The van der Waals surface area contributed by atoms with Gasteiger partial charge in [-0.15, -0.1) is 0 Å². The van der Waals surface area contributed by atoms with Crippen molar-refractivity contribution in [3.05, 3.63) is 14.4 Å². The number of carbonyl (C=O) groups excluding carboxylic acids is 1. The van der Waals surface area contributed by atoms with E-state index in [-0.39, 0.29) is 20.5 Å². The van der Waals surface area contributed by atoms with Crippen LogP contribution in [0.5, 0.6) is 0 Å². The number of carbonyl (C=O) groups is 1. The molecule has 1 aromatic rings. The minimum atomic E-state index is -0.584. The van der Waals surface area contributed by atoms with Crippen molar-refractivity contribution >= 4 is 26.2 Å². The summed E-state index contributed by atoms with van der Waals surface area (Å²) in [4.78, 5) is 11.9. The summed E-state index contributed by atoms with van der Waals surface area (Å²) < 4.78 is 6.70. The van der Waals surface area contributed by atoms with E-state index in [1.165, 1.54) is 5.06 Å². The van der Waals surface area contributed by atoms with E-state index in [2.05, 4.69) is 0 Å². The Bertz CT molecular complexity index is 534. The van der Waals surface area contributed by atoms with Crippen molar-refractivity contribution in [1.82, 2.24) is 5.06 Å². The zero-order valence-electron chi connectivity index (χ0n) is 11.9. The van der Waals surface area contributed by atoms with Gasteiger partial charge in [0.05, 0.1) is 0 Å². The number of esters is 1. The van der Waals surface area contributed by atoms with Gasteiger partial charge in [-0.1, -0.05) is 0 Å². The van der Waals surface area contributed by atoms with E-state index in [4.69, 9.17) is 10.5 Å². The summed E-state index contributed by atoms with van der Waals surface area (Å²) in [6.07, 6.45) is 0. The van der Waals surface area contributed by atoms with Crippen LogP contribution < -0.4 is 5.73 Å². The van der Waals surface area contributed by atoms with Gasteiger partial charge in [-0.05, 0) is 0 Å². The molecule has 0 radical (unpaired) electrons. The second-order valence-corrected chi connectivity index (χ2v) is 7.84. The maximum atomic E-state index is 11.9. The number of rotatable bonds is 2. The van der Waals surface area contributed by atoms with E-state index in [0.717, 1.165) is 10.0 Å². The van der Waals surface area contributed by atoms with Gasteiger partial charge in [0.1, 0.15) is 0 Å². The zero-order chi connectivity index (χ0) is 14.6. The second kappa shape index (κ2) is 4.35. The number of hydrogen-bond acceptors (Lipinski definition) is 5. The third kappa shape index (κ3) is 1.86. The average molecular weight is 331 g/mol. The monoisotopic (exact) mass is 332 g/mol. The first-order valence-electron chi connectivity index (χ1n) is 6.25. The van der Waals surface area contributed by atoms with Gasteiger partial charge in [-0.3, -0.25) is 0 Å². The molecule has 0 aliphatic carbocycles. The molecule has 3 N–H and O–H groups in total. The molecule has 1 aromatic heterocycles. The Labute approximate surface area is 119 Å². The molecule has 1 aliphatic rings. The van der Waals surface area contributed by atoms with Crippen LogP contribution in [0.2, 0.25) is 0 Å². The molecule has 0 atom stereocenters. The number of hydroxylamine groups is 2. The van der Waals surface area contributed by atoms with Crippen LogP contribution in [0.15, 0.2) is 0 Å². The van der Waals surface area contributed by atoms with E-state index in [0.29, 0.717) is 16.7 Å². The Morgan fingerprint density at radius 3 is 2.42 bits per heavy atom. The molecule has 2 rings (SSSR count). The van der Waals surface area contributed by atoms with Crippen LogP contribution in [0.4, 0.5) is 5.69 Å². The molecule has 6 heteroatoms. The number of anilines is 1. The van der Waals surface area contributed by atoms with Crippen molar-refractivity contribution in [1.29, 1.82) is 0 Å². The third-order valence-electron chi connectivity index (χ3n) is 3.63. The summed E-state index contributed by atoms with van der Waals surface area (Å²) in [5.41, 5.74) is 6.45. The van der Waals surface area contributed by atoms with Gasteiger partial charge in [0.2, 0.25) is 0 Å². The molecule has 0 bridgehead atoms. The van der Waals surface area contributed by atoms with Crippen molar-refractivity contribution in [2.75, 3.05) is 12.3 Å². The maximum absolute atomic E-state index is 11.9. The molecule has 2 heterocycles. The first kappa shape index (κ1) is 14.6. The Hall–Kier alpha value is -0.811. The summed E-state index contributed by atoms with van der Waals surface area (Å²) in [7, 11) is 0. The van der Waals surface area contributed by atoms with Gasteiger partial charge < -0.3 is 0 Å². The molecule has 0 unspecified atom stereocenters. The fourth-order valence-electron chi connectivity index (χ4n) is 2.73. The number of nitrogens with zero attached hydrogens (tertiary/aromatic N) is 1. The summed E-state index contributed by atoms with van der Waals surface area (Å²) in [6.45, 7) is 9.83. The van der Waals surface area contributed by atoms with Gasteiger partial charge in [0.15, 0.2) is 0 Å². The number of nitrogen functional groups attached to an aromatic ring is 1. The predicted octanol–water partition coefficient (Wildman–Crippen LogP) is 1.68. The summed E-state index contributed by atoms with van der Waals surface area (Å²) in [6, 6.07) is 0. The molecule has 106 valence electrons. The molecule has 0 fully saturated rings. The van der Waals surface area contributed by atoms with Crippen LogP contribution >= 0.6 is 0 Å². The summed E-state index contributed by atoms with van der Waals surface area (Å²) in [5, 5.41) is 11.7. The van der Waals surface area contributed by atoms with E-state index < -0.39 is 11.1 Å². The molecular formula is C13H20N2O3Se. The Morgan fingerprint density at radius 1 is 1.37 bits per heavy atom. The molecule has 0 aromatic carbocycles. The van der Waals surface area contributed by atoms with Crippen LogP contribution in [0.3, 0.4) is 0 Å². The molecule has 0 saturated heterocycles. The first-order chi connectivity index (χ1) is 8.65. The van der Waals surface area contributed by atoms with Crippen LogP contribution in [0.25, 0.3) is 0 Å². The standard InChI is InChI=1S/C13H20N2O3Se/c1-6-18-11(16)9-8(14)7-10(19-9)13(4,5)15(17)12(7,2)3/h17H,6,14H2,1-5H3.